The molecule has 0 saturated carbocycles. The highest BCUT2D eigenvalue weighted by atomic mass is 32.2. The van der Waals surface area contributed by atoms with Gasteiger partial charge in [-0.2, -0.15) is 0 Å². The lowest BCUT2D eigenvalue weighted by Crippen LogP contribution is -2.51. The van der Waals surface area contributed by atoms with Crippen LogP contribution in [-0.4, -0.2) is 57.7 Å². The van der Waals surface area contributed by atoms with Crippen molar-refractivity contribution in [3.63, 3.8) is 0 Å². The van der Waals surface area contributed by atoms with Gasteiger partial charge in [0.25, 0.3) is 0 Å². The molecule has 116 valence electrons. The van der Waals surface area contributed by atoms with Crippen LogP contribution in [-0.2, 0) is 14.6 Å². The Hall–Kier alpha value is -1.44. The molecule has 1 amide bonds. The third-order valence-electron chi connectivity index (χ3n) is 3.63. The summed E-state index contributed by atoms with van der Waals surface area (Å²) in [4.78, 5) is 14.6. The minimum Gasteiger partial charge on any atom is -0.325 e. The molecule has 1 aromatic carbocycles. The summed E-state index contributed by atoms with van der Waals surface area (Å²) >= 11 is 0. The normalized spacial score (nSPS) is 18.2. The molecule has 2 rings (SSSR count). The molecule has 6 nitrogen and oxygen atoms in total. The summed E-state index contributed by atoms with van der Waals surface area (Å²) in [6.45, 7) is 5.36. The van der Waals surface area contributed by atoms with Crippen LogP contribution in [0.25, 0.3) is 0 Å². The lowest BCUT2D eigenvalue weighted by molar-refractivity contribution is -0.120. The van der Waals surface area contributed by atoms with E-state index in [-0.39, 0.29) is 16.8 Å². The van der Waals surface area contributed by atoms with E-state index >= 15 is 0 Å². The number of sulfone groups is 1. The van der Waals surface area contributed by atoms with E-state index in [2.05, 4.69) is 15.5 Å². The number of nitrogens with one attached hydrogen (secondary N) is 2. The maximum absolute atomic E-state index is 12.2. The third-order valence-corrected chi connectivity index (χ3v) is 4.76. The predicted molar refractivity (Wildman–Crippen MR) is 82.1 cm³/mol. The number of rotatable bonds is 4. The molecule has 1 aliphatic heterocycles. The van der Waals surface area contributed by atoms with Crippen LogP contribution in [0, 0.1) is 0 Å². The van der Waals surface area contributed by atoms with Crippen molar-refractivity contribution >= 4 is 21.4 Å². The molecule has 0 aliphatic carbocycles. The van der Waals surface area contributed by atoms with Gasteiger partial charge >= 0.3 is 0 Å². The maximum Gasteiger partial charge on any atom is 0.241 e. The first-order valence-corrected chi connectivity index (χ1v) is 8.83. The number of amides is 1. The molecule has 1 heterocycles. The van der Waals surface area contributed by atoms with Gasteiger partial charge in [0.2, 0.25) is 5.91 Å². The minimum atomic E-state index is -3.21. The van der Waals surface area contributed by atoms with Crippen LogP contribution in [0.4, 0.5) is 5.69 Å². The highest BCUT2D eigenvalue weighted by molar-refractivity contribution is 7.90. The zero-order chi connectivity index (χ0) is 15.5. The van der Waals surface area contributed by atoms with Gasteiger partial charge in [-0.05, 0) is 31.2 Å². The van der Waals surface area contributed by atoms with Crippen LogP contribution in [0.3, 0.4) is 0 Å². The Kier molecular flexibility index (Phi) is 4.97. The fourth-order valence-electron chi connectivity index (χ4n) is 2.27. The summed E-state index contributed by atoms with van der Waals surface area (Å²) in [7, 11) is -3.21. The summed E-state index contributed by atoms with van der Waals surface area (Å²) in [5.41, 5.74) is 0.606. The van der Waals surface area contributed by atoms with Gasteiger partial charge in [0.05, 0.1) is 10.9 Å². The van der Waals surface area contributed by atoms with Crippen molar-refractivity contribution in [1.82, 2.24) is 10.2 Å². The van der Waals surface area contributed by atoms with Gasteiger partial charge in [0, 0.05) is 38.1 Å². The molecule has 0 bridgehead atoms. The van der Waals surface area contributed by atoms with Crippen LogP contribution in [0.5, 0.6) is 0 Å². The number of anilines is 1. The van der Waals surface area contributed by atoms with E-state index in [9.17, 15) is 13.2 Å². The molecular formula is C14H21N3O3S. The first kappa shape index (κ1) is 15.9. The molecular weight excluding hydrogens is 290 g/mol. The van der Waals surface area contributed by atoms with E-state index in [4.69, 9.17) is 0 Å². The van der Waals surface area contributed by atoms with Gasteiger partial charge < -0.3 is 10.6 Å². The number of carbonyl (C=O) groups is 1. The topological polar surface area (TPSA) is 78.5 Å². The average molecular weight is 311 g/mol. The fourth-order valence-corrected chi connectivity index (χ4v) is 2.90. The van der Waals surface area contributed by atoms with Crippen molar-refractivity contribution in [1.29, 1.82) is 0 Å². The molecule has 7 heteroatoms. The Morgan fingerprint density at radius 3 is 2.33 bits per heavy atom. The van der Waals surface area contributed by atoms with Crippen molar-refractivity contribution < 1.29 is 13.2 Å². The number of hydrogen-bond acceptors (Lipinski definition) is 5. The van der Waals surface area contributed by atoms with E-state index in [0.717, 1.165) is 32.4 Å². The Labute approximate surface area is 125 Å². The standard InChI is InChI=1S/C14H21N3O3S/c1-11(17-9-7-15-8-10-17)14(18)16-12-3-5-13(6-4-12)21(2,19)20/h3-6,11,15H,7-10H2,1-2H3,(H,16,18). The second-order valence-corrected chi connectivity index (χ2v) is 7.26. The summed E-state index contributed by atoms with van der Waals surface area (Å²) in [6.07, 6.45) is 1.16. The first-order valence-electron chi connectivity index (χ1n) is 6.93. The first-order chi connectivity index (χ1) is 9.88. The summed E-state index contributed by atoms with van der Waals surface area (Å²) in [5, 5.41) is 6.07. The molecule has 1 fully saturated rings. The fraction of sp³-hybridized carbons (Fsp3) is 0.500. The van der Waals surface area contributed by atoms with Gasteiger partial charge in [-0.25, -0.2) is 8.42 Å². The van der Waals surface area contributed by atoms with Gasteiger partial charge in [-0.15, -0.1) is 0 Å². The second kappa shape index (κ2) is 6.55. The number of benzene rings is 1. The van der Waals surface area contributed by atoms with E-state index in [1.54, 1.807) is 12.1 Å². The molecule has 1 aliphatic rings. The quantitative estimate of drug-likeness (QED) is 0.837. The molecule has 0 spiro atoms. The van der Waals surface area contributed by atoms with Crippen molar-refractivity contribution in [3.05, 3.63) is 24.3 Å². The van der Waals surface area contributed by atoms with Crippen molar-refractivity contribution in [3.8, 4) is 0 Å². The average Bonchev–Trinajstić information content (AvgIpc) is 2.47. The SMILES string of the molecule is CC(C(=O)Nc1ccc(S(C)(=O)=O)cc1)N1CCNCC1. The maximum atomic E-state index is 12.2. The monoisotopic (exact) mass is 311 g/mol. The van der Waals surface area contributed by atoms with E-state index in [1.807, 2.05) is 6.92 Å². The summed E-state index contributed by atoms with van der Waals surface area (Å²) in [5.74, 6) is -0.0796. The lowest BCUT2D eigenvalue weighted by Gasteiger charge is -2.31. The van der Waals surface area contributed by atoms with Crippen LogP contribution in [0.2, 0.25) is 0 Å². The van der Waals surface area contributed by atoms with Crippen molar-refractivity contribution in [2.75, 3.05) is 37.8 Å². The Bertz CT molecular complexity index is 592. The molecule has 1 unspecified atom stereocenters. The molecule has 0 radical (unpaired) electrons. The zero-order valence-corrected chi connectivity index (χ0v) is 13.1. The Morgan fingerprint density at radius 2 is 1.81 bits per heavy atom. The van der Waals surface area contributed by atoms with Crippen LogP contribution < -0.4 is 10.6 Å². The Balaban J connectivity index is 1.99. The van der Waals surface area contributed by atoms with Crippen LogP contribution in [0.15, 0.2) is 29.2 Å². The van der Waals surface area contributed by atoms with Crippen molar-refractivity contribution in [2.45, 2.75) is 17.9 Å². The van der Waals surface area contributed by atoms with Crippen molar-refractivity contribution in [2.24, 2.45) is 0 Å². The molecule has 1 aromatic rings. The minimum absolute atomic E-state index is 0.0796. The zero-order valence-electron chi connectivity index (χ0n) is 12.3. The lowest BCUT2D eigenvalue weighted by atomic mass is 10.2. The Morgan fingerprint density at radius 1 is 1.24 bits per heavy atom. The molecule has 0 aromatic heterocycles. The molecule has 21 heavy (non-hydrogen) atoms. The highest BCUT2D eigenvalue weighted by Crippen LogP contribution is 2.14. The van der Waals surface area contributed by atoms with E-state index in [1.165, 1.54) is 12.1 Å². The second-order valence-electron chi connectivity index (χ2n) is 5.25. The van der Waals surface area contributed by atoms with Crippen LogP contribution >= 0.6 is 0 Å². The smallest absolute Gasteiger partial charge is 0.241 e. The van der Waals surface area contributed by atoms with Gasteiger partial charge in [-0.1, -0.05) is 0 Å². The van der Waals surface area contributed by atoms with E-state index < -0.39 is 9.84 Å². The number of nitrogens with zero attached hydrogens (tertiary/aromatic N) is 1. The number of hydrogen-bond donors (Lipinski definition) is 2. The van der Waals surface area contributed by atoms with Crippen LogP contribution in [0.1, 0.15) is 6.92 Å². The molecule has 1 atom stereocenters. The highest BCUT2D eigenvalue weighted by Gasteiger charge is 2.22. The van der Waals surface area contributed by atoms with Gasteiger partial charge in [0.15, 0.2) is 9.84 Å². The molecule has 2 N–H and O–H groups in total. The molecule has 1 saturated heterocycles. The van der Waals surface area contributed by atoms with Gasteiger partial charge in [0.1, 0.15) is 0 Å². The summed E-state index contributed by atoms with van der Waals surface area (Å²) in [6, 6.07) is 6.01. The summed E-state index contributed by atoms with van der Waals surface area (Å²) < 4.78 is 22.8. The number of carbonyl (C=O) groups excluding carboxylic acids is 1. The van der Waals surface area contributed by atoms with Gasteiger partial charge in [-0.3, -0.25) is 9.69 Å². The third kappa shape index (κ3) is 4.26. The largest absolute Gasteiger partial charge is 0.325 e. The van der Waals surface area contributed by atoms with E-state index in [0.29, 0.717) is 5.69 Å². The number of piperazine rings is 1. The predicted octanol–water partition coefficient (Wildman–Crippen LogP) is 0.322.